The van der Waals surface area contributed by atoms with Gasteiger partial charge in [0, 0.05) is 31.5 Å². The number of nitrogens with one attached hydrogen (secondary N) is 1. The van der Waals surface area contributed by atoms with Crippen molar-refractivity contribution in [3.8, 4) is 0 Å². The number of benzene rings is 1. The summed E-state index contributed by atoms with van der Waals surface area (Å²) in [5.74, 6) is -0.200. The summed E-state index contributed by atoms with van der Waals surface area (Å²) < 4.78 is 23.0. The van der Waals surface area contributed by atoms with E-state index < -0.39 is 9.84 Å². The largest absolute Gasteiger partial charge is 0.370 e. The van der Waals surface area contributed by atoms with Crippen molar-refractivity contribution in [2.24, 2.45) is 0 Å². The number of carbonyl (C=O) groups excluding carboxylic acids is 1. The Morgan fingerprint density at radius 1 is 1.28 bits per heavy atom. The van der Waals surface area contributed by atoms with Crippen LogP contribution in [-0.2, 0) is 16.4 Å². The Kier molecular flexibility index (Phi) is 5.03. The quantitative estimate of drug-likeness (QED) is 0.878. The minimum absolute atomic E-state index is 0.00629. The molecular formula is C18H21N3O3S. The zero-order chi connectivity index (χ0) is 17.9. The molecule has 1 aromatic heterocycles. The molecule has 2 heterocycles. The third kappa shape index (κ3) is 4.57. The first-order chi connectivity index (χ1) is 11.9. The van der Waals surface area contributed by atoms with Gasteiger partial charge in [-0.3, -0.25) is 9.78 Å². The van der Waals surface area contributed by atoms with E-state index in [0.717, 1.165) is 5.69 Å². The van der Waals surface area contributed by atoms with Crippen LogP contribution < -0.4 is 10.2 Å². The van der Waals surface area contributed by atoms with Crippen molar-refractivity contribution in [3.63, 3.8) is 0 Å². The van der Waals surface area contributed by atoms with Gasteiger partial charge in [-0.15, -0.1) is 0 Å². The van der Waals surface area contributed by atoms with Crippen molar-refractivity contribution in [3.05, 3.63) is 59.9 Å². The minimum Gasteiger partial charge on any atom is -0.370 e. The normalized spacial score (nSPS) is 18.7. The molecule has 132 valence electrons. The molecule has 1 aliphatic rings. The molecule has 0 saturated carbocycles. The molecule has 0 spiro atoms. The van der Waals surface area contributed by atoms with Crippen LogP contribution in [0.3, 0.4) is 0 Å². The lowest BCUT2D eigenvalue weighted by Crippen LogP contribution is -2.36. The summed E-state index contributed by atoms with van der Waals surface area (Å²) in [5, 5.41) is 2.77. The van der Waals surface area contributed by atoms with Crippen molar-refractivity contribution in [2.75, 3.05) is 23.5 Å². The van der Waals surface area contributed by atoms with Gasteiger partial charge < -0.3 is 10.2 Å². The second-order valence-electron chi connectivity index (χ2n) is 6.31. The van der Waals surface area contributed by atoms with Crippen molar-refractivity contribution < 1.29 is 13.2 Å². The Morgan fingerprint density at radius 3 is 2.72 bits per heavy atom. The minimum atomic E-state index is -3.02. The fourth-order valence-electron chi connectivity index (χ4n) is 2.90. The Morgan fingerprint density at radius 2 is 2.04 bits per heavy atom. The Bertz CT molecular complexity index is 853. The average Bonchev–Trinajstić information content (AvgIpc) is 2.94. The van der Waals surface area contributed by atoms with Crippen LogP contribution in [0.4, 0.5) is 5.69 Å². The van der Waals surface area contributed by atoms with E-state index in [-0.39, 0.29) is 23.5 Å². The first kappa shape index (κ1) is 17.4. The standard InChI is InChI=1S/C18H21N3O3S/c1-21(12-14-5-3-2-4-6-14)16-7-9-19-17(11-16)18(22)20-15-8-10-25(23,24)13-15/h2-7,9,11,15H,8,10,12-13H2,1H3,(H,20,22). The molecule has 1 amide bonds. The van der Waals surface area contributed by atoms with Gasteiger partial charge in [-0.1, -0.05) is 30.3 Å². The molecule has 2 aromatic rings. The number of aromatic nitrogens is 1. The van der Waals surface area contributed by atoms with Crippen molar-refractivity contribution in [2.45, 2.75) is 19.0 Å². The van der Waals surface area contributed by atoms with E-state index in [9.17, 15) is 13.2 Å². The van der Waals surface area contributed by atoms with Gasteiger partial charge in [0.05, 0.1) is 11.5 Å². The molecular weight excluding hydrogens is 338 g/mol. The first-order valence-electron chi connectivity index (χ1n) is 8.15. The molecule has 1 N–H and O–H groups in total. The van der Waals surface area contributed by atoms with Crippen LogP contribution in [0.2, 0.25) is 0 Å². The van der Waals surface area contributed by atoms with Gasteiger partial charge in [0.15, 0.2) is 9.84 Å². The highest BCUT2D eigenvalue weighted by Gasteiger charge is 2.29. The van der Waals surface area contributed by atoms with Crippen LogP contribution in [0.15, 0.2) is 48.7 Å². The van der Waals surface area contributed by atoms with E-state index in [1.165, 1.54) is 5.56 Å². The van der Waals surface area contributed by atoms with Crippen LogP contribution >= 0.6 is 0 Å². The number of anilines is 1. The summed E-state index contributed by atoms with van der Waals surface area (Å²) in [6.07, 6.45) is 2.05. The molecule has 3 rings (SSSR count). The number of nitrogens with zero attached hydrogens (tertiary/aromatic N) is 2. The van der Waals surface area contributed by atoms with Gasteiger partial charge in [-0.25, -0.2) is 8.42 Å². The second-order valence-corrected chi connectivity index (χ2v) is 8.54. The highest BCUT2D eigenvalue weighted by molar-refractivity contribution is 7.91. The van der Waals surface area contributed by atoms with Crippen LogP contribution in [0.25, 0.3) is 0 Å². The summed E-state index contributed by atoms with van der Waals surface area (Å²) in [6, 6.07) is 13.3. The summed E-state index contributed by atoms with van der Waals surface area (Å²) in [5.41, 5.74) is 2.34. The molecule has 1 aliphatic heterocycles. The predicted octanol–water partition coefficient (Wildman–Crippen LogP) is 1.63. The maximum absolute atomic E-state index is 12.4. The molecule has 1 fully saturated rings. The number of amides is 1. The molecule has 6 nitrogen and oxygen atoms in total. The van der Waals surface area contributed by atoms with E-state index in [2.05, 4.69) is 10.3 Å². The highest BCUT2D eigenvalue weighted by Crippen LogP contribution is 2.17. The zero-order valence-corrected chi connectivity index (χ0v) is 14.9. The van der Waals surface area contributed by atoms with Crippen molar-refractivity contribution in [1.82, 2.24) is 10.3 Å². The zero-order valence-electron chi connectivity index (χ0n) is 14.1. The summed E-state index contributed by atoms with van der Waals surface area (Å²) in [7, 11) is -1.07. The van der Waals surface area contributed by atoms with Gasteiger partial charge in [0.25, 0.3) is 5.91 Å². The van der Waals surface area contributed by atoms with Gasteiger partial charge >= 0.3 is 0 Å². The third-order valence-electron chi connectivity index (χ3n) is 4.25. The SMILES string of the molecule is CN(Cc1ccccc1)c1ccnc(C(=O)NC2CCS(=O)(=O)C2)c1. The maximum atomic E-state index is 12.4. The number of pyridine rings is 1. The topological polar surface area (TPSA) is 79.4 Å². The summed E-state index contributed by atoms with van der Waals surface area (Å²) in [6.45, 7) is 0.715. The molecule has 0 aliphatic carbocycles. The number of hydrogen-bond donors (Lipinski definition) is 1. The van der Waals surface area contributed by atoms with Crippen molar-refractivity contribution in [1.29, 1.82) is 0 Å². The molecule has 7 heteroatoms. The van der Waals surface area contributed by atoms with Gasteiger partial charge in [0.2, 0.25) is 0 Å². The van der Waals surface area contributed by atoms with Gasteiger partial charge in [0.1, 0.15) is 5.69 Å². The molecule has 25 heavy (non-hydrogen) atoms. The number of hydrogen-bond acceptors (Lipinski definition) is 5. The van der Waals surface area contributed by atoms with Gasteiger partial charge in [-0.05, 0) is 24.1 Å². The van der Waals surface area contributed by atoms with Crippen LogP contribution in [0, 0.1) is 0 Å². The van der Waals surface area contributed by atoms with E-state index in [4.69, 9.17) is 0 Å². The molecule has 1 unspecified atom stereocenters. The number of carbonyl (C=O) groups is 1. The Hall–Kier alpha value is -2.41. The average molecular weight is 359 g/mol. The van der Waals surface area contributed by atoms with E-state index >= 15 is 0 Å². The van der Waals surface area contributed by atoms with E-state index in [0.29, 0.717) is 18.7 Å². The first-order valence-corrected chi connectivity index (χ1v) is 9.97. The molecule has 1 aromatic carbocycles. The summed E-state index contributed by atoms with van der Waals surface area (Å²) >= 11 is 0. The van der Waals surface area contributed by atoms with Crippen LogP contribution in [0.1, 0.15) is 22.5 Å². The smallest absolute Gasteiger partial charge is 0.270 e. The lowest BCUT2D eigenvalue weighted by Gasteiger charge is -2.20. The Balaban J connectivity index is 1.67. The highest BCUT2D eigenvalue weighted by atomic mass is 32.2. The molecule has 1 atom stereocenters. The van der Waals surface area contributed by atoms with Crippen molar-refractivity contribution >= 4 is 21.4 Å². The predicted molar refractivity (Wildman–Crippen MR) is 97.3 cm³/mol. The van der Waals surface area contributed by atoms with E-state index in [1.54, 1.807) is 12.3 Å². The maximum Gasteiger partial charge on any atom is 0.270 e. The Labute approximate surface area is 147 Å². The van der Waals surface area contributed by atoms with Gasteiger partial charge in [-0.2, -0.15) is 0 Å². The number of rotatable bonds is 5. The summed E-state index contributed by atoms with van der Waals surface area (Å²) in [4.78, 5) is 18.5. The fourth-order valence-corrected chi connectivity index (χ4v) is 4.57. The molecule has 0 radical (unpaired) electrons. The monoisotopic (exact) mass is 359 g/mol. The fraction of sp³-hybridized carbons (Fsp3) is 0.333. The van der Waals surface area contributed by atoms with Crippen LogP contribution in [-0.4, -0.2) is 43.9 Å². The van der Waals surface area contributed by atoms with Crippen LogP contribution in [0.5, 0.6) is 0 Å². The lowest BCUT2D eigenvalue weighted by molar-refractivity contribution is 0.0936. The van der Waals surface area contributed by atoms with E-state index in [1.807, 2.05) is 48.3 Å². The lowest BCUT2D eigenvalue weighted by atomic mass is 10.2. The molecule has 0 bridgehead atoms. The third-order valence-corrected chi connectivity index (χ3v) is 6.02. The number of sulfone groups is 1. The second kappa shape index (κ2) is 7.23. The molecule has 1 saturated heterocycles.